The van der Waals surface area contributed by atoms with E-state index in [4.69, 9.17) is 10.5 Å². The predicted molar refractivity (Wildman–Crippen MR) is 90.9 cm³/mol. The molecule has 6 heteroatoms. The van der Waals surface area contributed by atoms with Crippen LogP contribution in [0.25, 0.3) is 0 Å². The largest absolute Gasteiger partial charge is 1.00 e. The summed E-state index contributed by atoms with van der Waals surface area (Å²) in [6.07, 6.45) is 4.65. The summed E-state index contributed by atoms with van der Waals surface area (Å²) in [7, 11) is 0. The molecule has 0 aliphatic carbocycles. The van der Waals surface area contributed by atoms with Crippen molar-refractivity contribution >= 4 is 37.5 Å². The number of hydrogen-bond acceptors (Lipinski definition) is 2. The standard InChI is InChI=1S/C15H21Br2N2O.BrH/c1-2-5-19(6-3-4-7-19)8-9-20-15-13(16)10-12(18)11-14(15)17;/h2,10-11H,1,3-9,18H2;1H/q+1;/p-1. The van der Waals surface area contributed by atoms with E-state index >= 15 is 0 Å². The minimum absolute atomic E-state index is 0. The molecule has 3 nitrogen and oxygen atoms in total. The lowest BCUT2D eigenvalue weighted by atomic mass is 10.3. The van der Waals surface area contributed by atoms with Gasteiger partial charge in [0.25, 0.3) is 0 Å². The van der Waals surface area contributed by atoms with Gasteiger partial charge in [-0.05, 0) is 50.1 Å². The number of nitrogens with zero attached hydrogens (tertiary/aromatic N) is 1. The first-order chi connectivity index (χ1) is 9.56. The predicted octanol–water partition coefficient (Wildman–Crippen LogP) is 0.973. The van der Waals surface area contributed by atoms with Gasteiger partial charge in [0.05, 0.1) is 28.6 Å². The van der Waals surface area contributed by atoms with E-state index in [1.54, 1.807) is 0 Å². The van der Waals surface area contributed by atoms with Crippen molar-refractivity contribution in [3.8, 4) is 5.75 Å². The topological polar surface area (TPSA) is 35.2 Å². The van der Waals surface area contributed by atoms with Crippen molar-refractivity contribution in [3.63, 3.8) is 0 Å². The maximum atomic E-state index is 5.96. The molecular formula is C15H21Br3N2O. The lowest BCUT2D eigenvalue weighted by Crippen LogP contribution is -3.00. The lowest BCUT2D eigenvalue weighted by Gasteiger charge is -2.33. The Labute approximate surface area is 154 Å². The smallest absolute Gasteiger partial charge is 0.148 e. The molecule has 1 saturated heterocycles. The molecule has 0 saturated carbocycles. The first kappa shape index (κ1) is 19.0. The Morgan fingerprint density at radius 3 is 2.33 bits per heavy atom. The first-order valence-corrected chi connectivity index (χ1v) is 8.48. The van der Waals surface area contributed by atoms with Crippen molar-refractivity contribution < 1.29 is 26.2 Å². The number of hydrogen-bond donors (Lipinski definition) is 1. The van der Waals surface area contributed by atoms with E-state index in [0.717, 1.165) is 32.3 Å². The zero-order valence-corrected chi connectivity index (χ0v) is 16.7. The summed E-state index contributed by atoms with van der Waals surface area (Å²) >= 11 is 7.00. The highest BCUT2D eigenvalue weighted by Crippen LogP contribution is 2.35. The molecule has 0 unspecified atom stereocenters. The van der Waals surface area contributed by atoms with Crippen LogP contribution in [-0.4, -0.2) is 37.3 Å². The number of likely N-dealkylation sites (tertiary alicyclic amines) is 1. The summed E-state index contributed by atoms with van der Waals surface area (Å²) in [5.41, 5.74) is 6.50. The number of nitrogens with two attached hydrogens (primary N) is 1. The van der Waals surface area contributed by atoms with E-state index in [-0.39, 0.29) is 17.0 Å². The van der Waals surface area contributed by atoms with E-state index in [9.17, 15) is 0 Å². The van der Waals surface area contributed by atoms with Crippen LogP contribution in [0.15, 0.2) is 33.7 Å². The summed E-state index contributed by atoms with van der Waals surface area (Å²) < 4.78 is 8.84. The molecule has 0 bridgehead atoms. The molecule has 0 radical (unpaired) electrons. The number of benzene rings is 1. The van der Waals surface area contributed by atoms with E-state index in [0.29, 0.717) is 12.3 Å². The minimum atomic E-state index is 0. The molecule has 1 aliphatic rings. The Balaban J connectivity index is 0.00000220. The molecule has 0 amide bonds. The molecule has 2 rings (SSSR count). The van der Waals surface area contributed by atoms with Gasteiger partial charge in [-0.1, -0.05) is 6.58 Å². The molecule has 0 atom stereocenters. The van der Waals surface area contributed by atoms with Crippen LogP contribution in [0.1, 0.15) is 12.8 Å². The number of ether oxygens (including phenoxy) is 1. The third kappa shape index (κ3) is 4.98. The van der Waals surface area contributed by atoms with Crippen molar-refractivity contribution in [2.24, 2.45) is 0 Å². The van der Waals surface area contributed by atoms with E-state index in [1.165, 1.54) is 25.9 Å². The van der Waals surface area contributed by atoms with Crippen molar-refractivity contribution in [1.29, 1.82) is 0 Å². The van der Waals surface area contributed by atoms with Crippen LogP contribution in [0.4, 0.5) is 5.69 Å². The van der Waals surface area contributed by atoms with Crippen LogP contribution >= 0.6 is 31.9 Å². The van der Waals surface area contributed by atoms with Gasteiger partial charge in [0, 0.05) is 18.5 Å². The molecule has 1 fully saturated rings. The van der Waals surface area contributed by atoms with Crippen LogP contribution in [0.5, 0.6) is 5.75 Å². The second-order valence-corrected chi connectivity index (χ2v) is 7.06. The molecule has 21 heavy (non-hydrogen) atoms. The summed E-state index contributed by atoms with van der Waals surface area (Å²) in [4.78, 5) is 0. The number of rotatable bonds is 6. The maximum absolute atomic E-state index is 5.96. The van der Waals surface area contributed by atoms with Gasteiger partial charge < -0.3 is 31.9 Å². The average molecular weight is 485 g/mol. The highest BCUT2D eigenvalue weighted by molar-refractivity contribution is 9.11. The highest BCUT2D eigenvalue weighted by atomic mass is 79.9. The average Bonchev–Trinajstić information content (AvgIpc) is 2.82. The number of anilines is 1. The second kappa shape index (κ2) is 8.56. The van der Waals surface area contributed by atoms with E-state index in [2.05, 4.69) is 38.4 Å². The summed E-state index contributed by atoms with van der Waals surface area (Å²) in [5.74, 6) is 0.829. The maximum Gasteiger partial charge on any atom is 0.148 e. The number of quaternary nitrogens is 1. The Kier molecular flexibility index (Phi) is 7.74. The van der Waals surface area contributed by atoms with Crippen LogP contribution in [0.3, 0.4) is 0 Å². The zero-order valence-electron chi connectivity index (χ0n) is 12.0. The number of halogens is 3. The molecular weight excluding hydrogens is 464 g/mol. The van der Waals surface area contributed by atoms with Gasteiger partial charge in [0.2, 0.25) is 0 Å². The second-order valence-electron chi connectivity index (χ2n) is 5.35. The minimum Gasteiger partial charge on any atom is -1.00 e. The zero-order chi connectivity index (χ0) is 14.6. The third-order valence-corrected chi connectivity index (χ3v) is 5.04. The Morgan fingerprint density at radius 2 is 1.81 bits per heavy atom. The van der Waals surface area contributed by atoms with Crippen LogP contribution in [0, 0.1) is 0 Å². The fraction of sp³-hybridized carbons (Fsp3) is 0.467. The van der Waals surface area contributed by atoms with E-state index < -0.39 is 0 Å². The monoisotopic (exact) mass is 482 g/mol. The SMILES string of the molecule is C=CC[N+]1(CCOc2c(Br)cc(N)cc2Br)CCCC1.[Br-]. The molecule has 1 aromatic carbocycles. The van der Waals surface area contributed by atoms with Crippen molar-refractivity contribution in [2.75, 3.05) is 38.5 Å². The molecule has 1 aliphatic heterocycles. The lowest BCUT2D eigenvalue weighted by molar-refractivity contribution is -0.911. The first-order valence-electron chi connectivity index (χ1n) is 6.90. The molecule has 0 aromatic heterocycles. The van der Waals surface area contributed by atoms with Gasteiger partial charge in [-0.25, -0.2) is 0 Å². The molecule has 118 valence electrons. The van der Waals surface area contributed by atoms with Crippen LogP contribution < -0.4 is 27.5 Å². The third-order valence-electron chi connectivity index (χ3n) is 3.86. The fourth-order valence-corrected chi connectivity index (χ4v) is 4.29. The van der Waals surface area contributed by atoms with E-state index in [1.807, 2.05) is 18.2 Å². The molecule has 0 spiro atoms. The molecule has 1 heterocycles. The van der Waals surface area contributed by atoms with Gasteiger partial charge in [-0.15, -0.1) is 0 Å². The van der Waals surface area contributed by atoms with Crippen molar-refractivity contribution in [2.45, 2.75) is 12.8 Å². The normalized spacial score (nSPS) is 16.3. The fourth-order valence-electron chi connectivity index (χ4n) is 2.84. The van der Waals surface area contributed by atoms with Gasteiger partial charge in [-0.3, -0.25) is 0 Å². The Morgan fingerprint density at radius 1 is 1.24 bits per heavy atom. The van der Waals surface area contributed by atoms with Gasteiger partial charge in [0.15, 0.2) is 0 Å². The van der Waals surface area contributed by atoms with Gasteiger partial charge in [0.1, 0.15) is 18.9 Å². The highest BCUT2D eigenvalue weighted by Gasteiger charge is 2.30. The van der Waals surface area contributed by atoms with Crippen molar-refractivity contribution in [3.05, 3.63) is 33.7 Å². The van der Waals surface area contributed by atoms with Gasteiger partial charge in [-0.2, -0.15) is 0 Å². The summed E-state index contributed by atoms with van der Waals surface area (Å²) in [6, 6.07) is 3.73. The van der Waals surface area contributed by atoms with Crippen LogP contribution in [0.2, 0.25) is 0 Å². The quantitative estimate of drug-likeness (QED) is 0.371. The van der Waals surface area contributed by atoms with Gasteiger partial charge >= 0.3 is 0 Å². The summed E-state index contributed by atoms with van der Waals surface area (Å²) in [5, 5.41) is 0. The molecule has 2 N–H and O–H groups in total. The van der Waals surface area contributed by atoms with Crippen molar-refractivity contribution in [1.82, 2.24) is 0 Å². The summed E-state index contributed by atoms with van der Waals surface area (Å²) in [6.45, 7) is 9.12. The van der Waals surface area contributed by atoms with Crippen LogP contribution in [-0.2, 0) is 0 Å². The number of nitrogen functional groups attached to an aromatic ring is 1. The Hall–Kier alpha value is -0.0400. The Bertz CT molecular complexity index is 465. The molecule has 1 aromatic rings.